The summed E-state index contributed by atoms with van der Waals surface area (Å²) >= 11 is 0. The van der Waals surface area contributed by atoms with Crippen molar-refractivity contribution in [2.45, 2.75) is 90.4 Å². The highest BCUT2D eigenvalue weighted by Gasteiger charge is 2.16. The predicted molar refractivity (Wildman–Crippen MR) is 88.6 cm³/mol. The van der Waals surface area contributed by atoms with E-state index in [-0.39, 0.29) is 6.09 Å². The van der Waals surface area contributed by atoms with E-state index in [4.69, 9.17) is 4.74 Å². The van der Waals surface area contributed by atoms with Gasteiger partial charge in [-0.25, -0.2) is 4.79 Å². The van der Waals surface area contributed by atoms with Crippen LogP contribution < -0.4 is 0 Å². The van der Waals surface area contributed by atoms with Gasteiger partial charge in [0, 0.05) is 13.1 Å². The van der Waals surface area contributed by atoms with E-state index >= 15 is 0 Å². The van der Waals surface area contributed by atoms with Gasteiger partial charge in [-0.05, 0) is 25.7 Å². The first-order valence-corrected chi connectivity index (χ1v) is 9.26. The smallest absolute Gasteiger partial charge is 0.409 e. The average Bonchev–Trinajstić information content (AvgIpc) is 2.53. The quantitative estimate of drug-likeness (QED) is 0.469. The minimum absolute atomic E-state index is 0.0920. The van der Waals surface area contributed by atoms with Gasteiger partial charge in [-0.3, -0.25) is 0 Å². The molecule has 3 nitrogen and oxygen atoms in total. The van der Waals surface area contributed by atoms with Crippen LogP contribution in [-0.2, 0) is 4.74 Å². The minimum atomic E-state index is -0.0920. The molecule has 1 amide bonds. The van der Waals surface area contributed by atoms with Gasteiger partial charge in [0.05, 0.1) is 6.61 Å². The Balaban J connectivity index is 1.80. The molecule has 1 aliphatic heterocycles. The molecule has 0 aromatic heterocycles. The van der Waals surface area contributed by atoms with Gasteiger partial charge in [-0.1, -0.05) is 64.7 Å². The molecule has 3 heteroatoms. The Morgan fingerprint density at radius 1 is 0.810 bits per heavy atom. The van der Waals surface area contributed by atoms with Crippen molar-refractivity contribution in [2.75, 3.05) is 19.7 Å². The van der Waals surface area contributed by atoms with Crippen molar-refractivity contribution in [2.24, 2.45) is 0 Å². The average molecular weight is 297 g/mol. The molecular formula is C18H35NO2. The Bertz CT molecular complexity index is 250. The van der Waals surface area contributed by atoms with E-state index in [0.717, 1.165) is 32.4 Å². The first-order chi connectivity index (χ1) is 10.3. The molecule has 0 aromatic rings. The van der Waals surface area contributed by atoms with Crippen molar-refractivity contribution in [3.05, 3.63) is 0 Å². The molecule has 0 spiro atoms. The molecule has 0 atom stereocenters. The van der Waals surface area contributed by atoms with Crippen LogP contribution in [0.2, 0.25) is 0 Å². The fourth-order valence-electron chi connectivity index (χ4n) is 2.92. The normalized spacial score (nSPS) is 15.2. The maximum Gasteiger partial charge on any atom is 0.409 e. The van der Waals surface area contributed by atoms with Gasteiger partial charge >= 0.3 is 6.09 Å². The summed E-state index contributed by atoms with van der Waals surface area (Å²) < 4.78 is 5.34. The maximum absolute atomic E-state index is 11.8. The number of hydrogen-bond acceptors (Lipinski definition) is 2. The lowest BCUT2D eigenvalue weighted by Gasteiger charge is -2.25. The number of likely N-dealkylation sites (tertiary alicyclic amines) is 1. The molecule has 21 heavy (non-hydrogen) atoms. The second kappa shape index (κ2) is 13.0. The predicted octanol–water partition coefficient (Wildman–Crippen LogP) is 5.53. The van der Waals surface area contributed by atoms with Crippen LogP contribution in [0.5, 0.6) is 0 Å². The molecule has 0 saturated carbocycles. The number of piperidine rings is 1. The molecule has 0 N–H and O–H groups in total. The zero-order valence-electron chi connectivity index (χ0n) is 14.1. The number of amides is 1. The second-order valence-corrected chi connectivity index (χ2v) is 6.34. The Morgan fingerprint density at radius 3 is 1.90 bits per heavy atom. The van der Waals surface area contributed by atoms with Gasteiger partial charge in [0.1, 0.15) is 0 Å². The topological polar surface area (TPSA) is 29.5 Å². The van der Waals surface area contributed by atoms with Crippen LogP contribution in [0.1, 0.15) is 90.4 Å². The number of hydrogen-bond donors (Lipinski definition) is 0. The number of carbonyl (C=O) groups excluding carboxylic acids is 1. The van der Waals surface area contributed by atoms with Crippen LogP contribution >= 0.6 is 0 Å². The van der Waals surface area contributed by atoms with Crippen molar-refractivity contribution >= 4 is 6.09 Å². The Morgan fingerprint density at radius 2 is 1.33 bits per heavy atom. The second-order valence-electron chi connectivity index (χ2n) is 6.34. The van der Waals surface area contributed by atoms with E-state index in [0.29, 0.717) is 6.61 Å². The molecule has 1 aliphatic rings. The number of rotatable bonds is 11. The van der Waals surface area contributed by atoms with Crippen molar-refractivity contribution < 1.29 is 9.53 Å². The lowest BCUT2D eigenvalue weighted by atomic mass is 10.1. The van der Waals surface area contributed by atoms with Crippen LogP contribution in [0.4, 0.5) is 4.79 Å². The molecule has 0 unspecified atom stereocenters. The fraction of sp³-hybridized carbons (Fsp3) is 0.944. The summed E-state index contributed by atoms with van der Waals surface area (Å²) in [7, 11) is 0. The van der Waals surface area contributed by atoms with Crippen LogP contribution in [0, 0.1) is 0 Å². The molecule has 0 aromatic carbocycles. The van der Waals surface area contributed by atoms with E-state index in [2.05, 4.69) is 6.92 Å². The largest absolute Gasteiger partial charge is 0.449 e. The maximum atomic E-state index is 11.8. The van der Waals surface area contributed by atoms with E-state index in [1.807, 2.05) is 4.90 Å². The number of ether oxygens (including phenoxy) is 1. The van der Waals surface area contributed by atoms with Crippen LogP contribution in [0.15, 0.2) is 0 Å². The summed E-state index contributed by atoms with van der Waals surface area (Å²) in [4.78, 5) is 13.6. The molecule has 1 saturated heterocycles. The monoisotopic (exact) mass is 297 g/mol. The summed E-state index contributed by atoms with van der Waals surface area (Å²) in [6.07, 6.45) is 16.6. The fourth-order valence-corrected chi connectivity index (χ4v) is 2.92. The molecule has 1 rings (SSSR count). The van der Waals surface area contributed by atoms with E-state index in [1.54, 1.807) is 0 Å². The van der Waals surface area contributed by atoms with Gasteiger partial charge in [-0.2, -0.15) is 0 Å². The van der Waals surface area contributed by atoms with Crippen LogP contribution in [0.3, 0.4) is 0 Å². The van der Waals surface area contributed by atoms with Crippen molar-refractivity contribution in [3.63, 3.8) is 0 Å². The van der Waals surface area contributed by atoms with Gasteiger partial charge in [0.15, 0.2) is 0 Å². The number of carbonyl (C=O) groups is 1. The summed E-state index contributed by atoms with van der Waals surface area (Å²) in [5.74, 6) is 0. The van der Waals surface area contributed by atoms with Crippen molar-refractivity contribution in [3.8, 4) is 0 Å². The van der Waals surface area contributed by atoms with E-state index in [9.17, 15) is 4.79 Å². The van der Waals surface area contributed by atoms with Gasteiger partial charge in [-0.15, -0.1) is 0 Å². The van der Waals surface area contributed by atoms with Gasteiger partial charge in [0.2, 0.25) is 0 Å². The van der Waals surface area contributed by atoms with Crippen molar-refractivity contribution in [1.29, 1.82) is 0 Å². The third-order valence-electron chi connectivity index (χ3n) is 4.34. The third kappa shape index (κ3) is 9.76. The summed E-state index contributed by atoms with van der Waals surface area (Å²) in [6.45, 7) is 4.64. The molecule has 0 radical (unpaired) electrons. The molecule has 124 valence electrons. The Labute approximate surface area is 131 Å². The Hall–Kier alpha value is -0.730. The zero-order chi connectivity index (χ0) is 15.2. The lowest BCUT2D eigenvalue weighted by Crippen LogP contribution is -2.36. The molecule has 0 bridgehead atoms. The van der Waals surface area contributed by atoms with Gasteiger partial charge in [0.25, 0.3) is 0 Å². The summed E-state index contributed by atoms with van der Waals surface area (Å²) in [6, 6.07) is 0. The highest BCUT2D eigenvalue weighted by atomic mass is 16.6. The first-order valence-electron chi connectivity index (χ1n) is 9.26. The van der Waals surface area contributed by atoms with E-state index < -0.39 is 0 Å². The lowest BCUT2D eigenvalue weighted by molar-refractivity contribution is 0.0936. The summed E-state index contributed by atoms with van der Waals surface area (Å²) in [5, 5.41) is 0. The molecule has 0 aliphatic carbocycles. The highest BCUT2D eigenvalue weighted by Crippen LogP contribution is 2.12. The number of nitrogens with zero attached hydrogens (tertiary/aromatic N) is 1. The molecule has 1 fully saturated rings. The summed E-state index contributed by atoms with van der Waals surface area (Å²) in [5.41, 5.74) is 0. The van der Waals surface area contributed by atoms with Crippen LogP contribution in [0.25, 0.3) is 0 Å². The Kier molecular flexibility index (Phi) is 11.3. The van der Waals surface area contributed by atoms with Gasteiger partial charge < -0.3 is 9.64 Å². The zero-order valence-corrected chi connectivity index (χ0v) is 14.1. The molecular weight excluding hydrogens is 262 g/mol. The minimum Gasteiger partial charge on any atom is -0.449 e. The van der Waals surface area contributed by atoms with E-state index in [1.165, 1.54) is 64.2 Å². The molecule has 1 heterocycles. The highest BCUT2D eigenvalue weighted by molar-refractivity contribution is 5.67. The standard InChI is InChI=1S/C18H35NO2/c1-2-3-4-5-6-7-8-9-10-14-17-21-18(20)19-15-12-11-13-16-19/h2-17H2,1H3. The number of unbranched alkanes of at least 4 members (excludes halogenated alkanes) is 9. The van der Waals surface area contributed by atoms with Crippen molar-refractivity contribution in [1.82, 2.24) is 4.90 Å². The first kappa shape index (κ1) is 18.3. The SMILES string of the molecule is CCCCCCCCCCCCOC(=O)N1CCCCC1. The van der Waals surface area contributed by atoms with Crippen LogP contribution in [-0.4, -0.2) is 30.7 Å². The third-order valence-corrected chi connectivity index (χ3v) is 4.34.